The molecular formula is C54H105NO10Si. The standard InChI is InChI=1S/C54H105NO10Si/c1-7-10-13-16-19-22-24-27-30-33-36-39-51(58)64-48(38-35-32-29-26-23-20-17-14-11-8-2)54(60)65-53-47(44-62-49(43-56)52(53)59)55-50(57)42-46(63-45-61-40-41-66(4,5)6)37-34-31-28-25-21-18-15-12-9-3/h46-49,52-53,56,59H,7-45H2,1-6H3,(H,55,57)/t46-,47+,48?,49-,52-,53-/m1/s1. The van der Waals surface area contributed by atoms with Crippen molar-refractivity contribution in [1.82, 2.24) is 5.32 Å². The van der Waals surface area contributed by atoms with Crippen molar-refractivity contribution in [1.29, 1.82) is 0 Å². The van der Waals surface area contributed by atoms with Crippen molar-refractivity contribution in [2.75, 3.05) is 26.6 Å². The number of ether oxygens (including phenoxy) is 5. The minimum atomic E-state index is -1.41. The maximum absolute atomic E-state index is 14.0. The van der Waals surface area contributed by atoms with Crippen molar-refractivity contribution in [2.24, 2.45) is 0 Å². The summed E-state index contributed by atoms with van der Waals surface area (Å²) in [6, 6.07) is 0.142. The average molecular weight is 957 g/mol. The number of rotatable bonds is 46. The van der Waals surface area contributed by atoms with Gasteiger partial charge in [0.15, 0.2) is 12.2 Å². The number of nitrogens with one attached hydrogen (secondary N) is 1. The smallest absolute Gasteiger partial charge is 0.347 e. The minimum absolute atomic E-state index is 0.0721. The molecule has 0 radical (unpaired) electrons. The van der Waals surface area contributed by atoms with Crippen LogP contribution in [0, 0.1) is 0 Å². The molecule has 1 rings (SSSR count). The fourth-order valence-corrected chi connectivity index (χ4v) is 9.45. The highest BCUT2D eigenvalue weighted by molar-refractivity contribution is 6.76. The van der Waals surface area contributed by atoms with Gasteiger partial charge in [0, 0.05) is 21.1 Å². The van der Waals surface area contributed by atoms with Gasteiger partial charge in [0.2, 0.25) is 5.91 Å². The van der Waals surface area contributed by atoms with Gasteiger partial charge in [-0.3, -0.25) is 9.59 Å². The number of hydrogen-bond donors (Lipinski definition) is 3. The van der Waals surface area contributed by atoms with Crippen LogP contribution in [0.3, 0.4) is 0 Å². The van der Waals surface area contributed by atoms with Gasteiger partial charge in [-0.2, -0.15) is 0 Å². The van der Waals surface area contributed by atoms with E-state index in [1.807, 2.05) is 0 Å². The first-order valence-electron chi connectivity index (χ1n) is 27.7. The molecule has 12 heteroatoms. The number of esters is 2. The van der Waals surface area contributed by atoms with E-state index in [0.29, 0.717) is 32.3 Å². The molecule has 0 spiro atoms. The summed E-state index contributed by atoms with van der Waals surface area (Å²) < 4.78 is 29.6. The van der Waals surface area contributed by atoms with Gasteiger partial charge in [-0.05, 0) is 31.7 Å². The second kappa shape index (κ2) is 42.3. The van der Waals surface area contributed by atoms with Crippen molar-refractivity contribution in [3.05, 3.63) is 0 Å². The van der Waals surface area contributed by atoms with E-state index in [1.54, 1.807) is 0 Å². The molecule has 0 saturated carbocycles. The summed E-state index contributed by atoms with van der Waals surface area (Å²) >= 11 is 0. The van der Waals surface area contributed by atoms with Crippen molar-refractivity contribution < 1.29 is 48.3 Å². The molecule has 0 aromatic rings. The molecule has 11 nitrogen and oxygen atoms in total. The van der Waals surface area contributed by atoms with Gasteiger partial charge in [-0.25, -0.2) is 4.79 Å². The van der Waals surface area contributed by atoms with Gasteiger partial charge in [-0.1, -0.05) is 220 Å². The number of aliphatic hydroxyl groups is 2. The predicted molar refractivity (Wildman–Crippen MR) is 272 cm³/mol. The van der Waals surface area contributed by atoms with Crippen LogP contribution in [0.1, 0.15) is 239 Å². The molecule has 1 aliphatic heterocycles. The van der Waals surface area contributed by atoms with E-state index in [0.717, 1.165) is 63.8 Å². The first kappa shape index (κ1) is 62.4. The molecule has 1 fully saturated rings. The second-order valence-electron chi connectivity index (χ2n) is 20.8. The summed E-state index contributed by atoms with van der Waals surface area (Å²) in [7, 11) is -1.27. The van der Waals surface area contributed by atoms with E-state index in [4.69, 9.17) is 23.7 Å². The molecule has 390 valence electrons. The van der Waals surface area contributed by atoms with Crippen molar-refractivity contribution in [2.45, 2.75) is 301 Å². The maximum Gasteiger partial charge on any atom is 0.347 e. The van der Waals surface area contributed by atoms with Gasteiger partial charge >= 0.3 is 11.9 Å². The lowest BCUT2D eigenvalue weighted by atomic mass is 9.97. The molecular weight excluding hydrogens is 851 g/mol. The highest BCUT2D eigenvalue weighted by Gasteiger charge is 2.44. The van der Waals surface area contributed by atoms with Gasteiger partial charge in [0.1, 0.15) is 19.0 Å². The summed E-state index contributed by atoms with van der Waals surface area (Å²) in [5, 5.41) is 24.3. The molecule has 3 N–H and O–H groups in total. The van der Waals surface area contributed by atoms with Crippen LogP contribution >= 0.6 is 0 Å². The Hall–Kier alpha value is -1.57. The summed E-state index contributed by atoms with van der Waals surface area (Å²) in [6.45, 7) is 13.8. The Kier molecular flexibility index (Phi) is 40.0. The molecule has 0 aromatic carbocycles. The Labute approximate surface area is 406 Å². The van der Waals surface area contributed by atoms with Crippen LogP contribution in [-0.4, -0.2) is 99.3 Å². The summed E-state index contributed by atoms with van der Waals surface area (Å²) in [6.07, 6.45) is 31.2. The normalized spacial score (nSPS) is 18.5. The van der Waals surface area contributed by atoms with E-state index in [2.05, 4.69) is 45.7 Å². The van der Waals surface area contributed by atoms with Crippen LogP contribution in [0.4, 0.5) is 0 Å². The van der Waals surface area contributed by atoms with Crippen molar-refractivity contribution >= 4 is 25.9 Å². The summed E-state index contributed by atoms with van der Waals surface area (Å²) in [5.74, 6) is -1.49. The molecule has 1 heterocycles. The zero-order valence-electron chi connectivity index (χ0n) is 43.7. The quantitative estimate of drug-likeness (QED) is 0.0233. The number of unbranched alkanes of at least 4 members (excludes halogenated alkanes) is 27. The second-order valence-corrected chi connectivity index (χ2v) is 26.4. The number of aliphatic hydroxyl groups excluding tert-OH is 2. The zero-order valence-corrected chi connectivity index (χ0v) is 44.7. The van der Waals surface area contributed by atoms with Gasteiger partial charge in [0.25, 0.3) is 0 Å². The molecule has 6 atom stereocenters. The molecule has 1 unspecified atom stereocenters. The van der Waals surface area contributed by atoms with Crippen LogP contribution in [-0.2, 0) is 38.1 Å². The highest BCUT2D eigenvalue weighted by Crippen LogP contribution is 2.23. The summed E-state index contributed by atoms with van der Waals surface area (Å²) in [4.78, 5) is 40.9. The lowest BCUT2D eigenvalue weighted by Gasteiger charge is -2.39. The number of hydrogen-bond acceptors (Lipinski definition) is 10. The van der Waals surface area contributed by atoms with E-state index < -0.39 is 57.1 Å². The number of amides is 1. The van der Waals surface area contributed by atoms with Crippen LogP contribution in [0.25, 0.3) is 0 Å². The Morgan fingerprint density at radius 2 is 1.11 bits per heavy atom. The van der Waals surface area contributed by atoms with Crippen LogP contribution in [0.2, 0.25) is 25.7 Å². The molecule has 1 aliphatic rings. The van der Waals surface area contributed by atoms with Crippen LogP contribution in [0.5, 0.6) is 0 Å². The molecule has 0 aliphatic carbocycles. The van der Waals surface area contributed by atoms with Gasteiger partial charge in [-0.15, -0.1) is 0 Å². The third-order valence-electron chi connectivity index (χ3n) is 13.1. The average Bonchev–Trinajstić information content (AvgIpc) is 3.28. The predicted octanol–water partition coefficient (Wildman–Crippen LogP) is 13.1. The summed E-state index contributed by atoms with van der Waals surface area (Å²) in [5.41, 5.74) is 0. The Morgan fingerprint density at radius 1 is 0.652 bits per heavy atom. The number of carbonyl (C=O) groups is 3. The number of carbonyl (C=O) groups excluding carboxylic acids is 3. The molecule has 0 aromatic heterocycles. The fourth-order valence-electron chi connectivity index (χ4n) is 8.69. The zero-order chi connectivity index (χ0) is 48.5. The van der Waals surface area contributed by atoms with E-state index in [-0.39, 0.29) is 38.3 Å². The monoisotopic (exact) mass is 956 g/mol. The molecule has 1 amide bonds. The van der Waals surface area contributed by atoms with E-state index >= 15 is 0 Å². The van der Waals surface area contributed by atoms with E-state index in [9.17, 15) is 24.6 Å². The van der Waals surface area contributed by atoms with Crippen LogP contribution < -0.4 is 5.32 Å². The molecule has 0 bridgehead atoms. The first-order chi connectivity index (χ1) is 31.9. The SMILES string of the molecule is CCCCCCCCCCCCCC(=O)OC(CCCCCCCCCCCC)C(=O)O[C@H]1[C@H](O)[C@@H](CO)OC[C@@H]1NC(=O)C[C@@H](CCCCCCCCCCC)OCOCC[Si](C)(C)C. The maximum atomic E-state index is 14.0. The highest BCUT2D eigenvalue weighted by atomic mass is 28.3. The van der Waals surface area contributed by atoms with Gasteiger partial charge < -0.3 is 39.2 Å². The van der Waals surface area contributed by atoms with E-state index in [1.165, 1.54) is 122 Å². The third-order valence-corrected chi connectivity index (χ3v) is 14.9. The van der Waals surface area contributed by atoms with Gasteiger partial charge in [0.05, 0.1) is 31.8 Å². The first-order valence-corrected chi connectivity index (χ1v) is 31.5. The molecule has 1 saturated heterocycles. The Bertz CT molecular complexity index is 1150. The van der Waals surface area contributed by atoms with Crippen molar-refractivity contribution in [3.63, 3.8) is 0 Å². The minimum Gasteiger partial charge on any atom is -0.454 e. The van der Waals surface area contributed by atoms with Crippen LogP contribution in [0.15, 0.2) is 0 Å². The Morgan fingerprint density at radius 3 is 1.58 bits per heavy atom. The largest absolute Gasteiger partial charge is 0.454 e. The lowest BCUT2D eigenvalue weighted by molar-refractivity contribution is -0.200. The fraction of sp³-hybridized carbons (Fsp3) is 0.944. The van der Waals surface area contributed by atoms with Crippen molar-refractivity contribution in [3.8, 4) is 0 Å². The topological polar surface area (TPSA) is 150 Å². The third kappa shape index (κ3) is 34.7. The molecule has 66 heavy (non-hydrogen) atoms. The lowest BCUT2D eigenvalue weighted by Crippen LogP contribution is -2.62. The Balaban J connectivity index is 2.92.